The molecule has 3 rings (SSSR count). The number of nitrogens with zero attached hydrogens (tertiary/aromatic N) is 2. The van der Waals surface area contributed by atoms with Gasteiger partial charge in [-0.3, -0.25) is 14.8 Å². The highest BCUT2D eigenvalue weighted by molar-refractivity contribution is 7.49. The van der Waals surface area contributed by atoms with Crippen molar-refractivity contribution < 1.29 is 9.45 Å². The molecule has 0 radical (unpaired) electrons. The highest BCUT2D eigenvalue weighted by Crippen LogP contribution is 2.57. The van der Waals surface area contributed by atoms with E-state index in [0.29, 0.717) is 6.04 Å². The maximum atomic E-state index is 10.6. The first-order chi connectivity index (χ1) is 8.66. The summed E-state index contributed by atoms with van der Waals surface area (Å²) in [5.74, 6) is 0. The van der Waals surface area contributed by atoms with Crippen LogP contribution in [0.1, 0.15) is 24.5 Å². The number of nitro groups is 1. The van der Waals surface area contributed by atoms with Gasteiger partial charge in [-0.05, 0) is 37.2 Å². The van der Waals surface area contributed by atoms with Crippen LogP contribution in [0.15, 0.2) is 24.3 Å². The maximum Gasteiger partial charge on any atom is 0.269 e. The molecular formula is C12H15N2O3P. The van der Waals surface area contributed by atoms with E-state index in [2.05, 4.69) is 11.3 Å². The molecular weight excluding hydrogens is 251 g/mol. The SMILES string of the molecule is C[P@@]1O[C@@H](c2ccc([N+](=O)[O-])cc2)[C@H]2CCCN21. The van der Waals surface area contributed by atoms with Crippen LogP contribution >= 0.6 is 8.30 Å². The van der Waals surface area contributed by atoms with E-state index in [0.717, 1.165) is 18.5 Å². The number of hydrogen-bond donors (Lipinski definition) is 0. The molecule has 0 aliphatic carbocycles. The molecule has 2 aliphatic heterocycles. The maximum absolute atomic E-state index is 10.6. The van der Waals surface area contributed by atoms with Crippen molar-refractivity contribution >= 4 is 14.0 Å². The molecule has 0 saturated carbocycles. The normalized spacial score (nSPS) is 31.5. The van der Waals surface area contributed by atoms with Gasteiger partial charge in [0.05, 0.1) is 4.92 Å². The van der Waals surface area contributed by atoms with Crippen molar-refractivity contribution in [1.29, 1.82) is 0 Å². The van der Waals surface area contributed by atoms with E-state index in [1.807, 2.05) is 12.1 Å². The lowest BCUT2D eigenvalue weighted by Crippen LogP contribution is -2.22. The van der Waals surface area contributed by atoms with Crippen LogP contribution in [0, 0.1) is 10.1 Å². The molecule has 18 heavy (non-hydrogen) atoms. The third-order valence-corrected chi connectivity index (χ3v) is 5.43. The highest BCUT2D eigenvalue weighted by Gasteiger charge is 2.43. The topological polar surface area (TPSA) is 55.6 Å². The van der Waals surface area contributed by atoms with E-state index < -0.39 is 8.30 Å². The van der Waals surface area contributed by atoms with Crippen molar-refractivity contribution in [2.75, 3.05) is 13.2 Å². The molecule has 96 valence electrons. The summed E-state index contributed by atoms with van der Waals surface area (Å²) in [5.41, 5.74) is 1.20. The molecule has 2 fully saturated rings. The van der Waals surface area contributed by atoms with Crippen LogP contribution in [0.25, 0.3) is 0 Å². The fourth-order valence-electron chi connectivity index (χ4n) is 2.80. The number of rotatable bonds is 2. The van der Waals surface area contributed by atoms with E-state index in [1.54, 1.807) is 12.1 Å². The molecule has 2 aliphatic rings. The Kier molecular flexibility index (Phi) is 3.06. The van der Waals surface area contributed by atoms with E-state index >= 15 is 0 Å². The molecule has 1 aromatic rings. The largest absolute Gasteiger partial charge is 0.334 e. The summed E-state index contributed by atoms with van der Waals surface area (Å²) in [6, 6.07) is 7.24. The molecule has 1 aromatic carbocycles. The number of fused-ring (bicyclic) bond motifs is 1. The first kappa shape index (κ1) is 12.0. The molecule has 2 saturated heterocycles. The third kappa shape index (κ3) is 1.92. The van der Waals surface area contributed by atoms with E-state index in [1.165, 1.54) is 6.42 Å². The number of benzene rings is 1. The Hall–Kier alpha value is -1.03. The van der Waals surface area contributed by atoms with Gasteiger partial charge >= 0.3 is 0 Å². The van der Waals surface area contributed by atoms with Gasteiger partial charge in [-0.15, -0.1) is 0 Å². The minimum atomic E-state index is -0.489. The van der Waals surface area contributed by atoms with Crippen LogP contribution in [-0.2, 0) is 4.52 Å². The Morgan fingerprint density at radius 1 is 1.44 bits per heavy atom. The lowest BCUT2D eigenvalue weighted by molar-refractivity contribution is -0.384. The Labute approximate surface area is 107 Å². The van der Waals surface area contributed by atoms with Crippen molar-refractivity contribution in [1.82, 2.24) is 4.67 Å². The van der Waals surface area contributed by atoms with Crippen LogP contribution in [-0.4, -0.2) is 28.8 Å². The van der Waals surface area contributed by atoms with Crippen LogP contribution in [0.2, 0.25) is 0 Å². The quantitative estimate of drug-likeness (QED) is 0.469. The molecule has 0 bridgehead atoms. The van der Waals surface area contributed by atoms with Crippen molar-refractivity contribution in [2.45, 2.75) is 25.0 Å². The second kappa shape index (κ2) is 4.57. The molecule has 0 spiro atoms. The molecule has 0 unspecified atom stereocenters. The van der Waals surface area contributed by atoms with Crippen LogP contribution in [0.5, 0.6) is 0 Å². The fraction of sp³-hybridized carbons (Fsp3) is 0.500. The predicted molar refractivity (Wildman–Crippen MR) is 69.5 cm³/mol. The van der Waals surface area contributed by atoms with Gasteiger partial charge in [0, 0.05) is 24.7 Å². The lowest BCUT2D eigenvalue weighted by Gasteiger charge is -2.17. The van der Waals surface area contributed by atoms with Gasteiger partial charge < -0.3 is 4.52 Å². The summed E-state index contributed by atoms with van der Waals surface area (Å²) in [4.78, 5) is 10.3. The average Bonchev–Trinajstić information content (AvgIpc) is 2.94. The molecule has 3 atom stereocenters. The zero-order chi connectivity index (χ0) is 12.7. The Morgan fingerprint density at radius 3 is 2.83 bits per heavy atom. The van der Waals surface area contributed by atoms with E-state index in [9.17, 15) is 10.1 Å². The van der Waals surface area contributed by atoms with Crippen molar-refractivity contribution in [3.05, 3.63) is 39.9 Å². The summed E-state index contributed by atoms with van der Waals surface area (Å²) >= 11 is 0. The van der Waals surface area contributed by atoms with Gasteiger partial charge in [-0.2, -0.15) is 0 Å². The number of non-ortho nitro benzene ring substituents is 1. The second-order valence-corrected chi connectivity index (χ2v) is 6.36. The van der Waals surface area contributed by atoms with Gasteiger partial charge in [0.2, 0.25) is 0 Å². The van der Waals surface area contributed by atoms with Gasteiger partial charge in [0.15, 0.2) is 0 Å². The molecule has 6 heteroatoms. The predicted octanol–water partition coefficient (Wildman–Crippen LogP) is 3.07. The van der Waals surface area contributed by atoms with Gasteiger partial charge in [0.25, 0.3) is 5.69 Å². The summed E-state index contributed by atoms with van der Waals surface area (Å²) in [6.07, 6.45) is 2.47. The van der Waals surface area contributed by atoms with E-state index in [-0.39, 0.29) is 16.7 Å². The molecule has 0 aromatic heterocycles. The summed E-state index contributed by atoms with van der Waals surface area (Å²) < 4.78 is 8.48. The zero-order valence-corrected chi connectivity index (χ0v) is 11.0. The van der Waals surface area contributed by atoms with Crippen LogP contribution in [0.4, 0.5) is 5.69 Å². The summed E-state index contributed by atoms with van der Waals surface area (Å²) in [5, 5.41) is 10.6. The van der Waals surface area contributed by atoms with Gasteiger partial charge in [0.1, 0.15) is 14.4 Å². The van der Waals surface area contributed by atoms with Crippen molar-refractivity contribution in [2.24, 2.45) is 0 Å². The Balaban J connectivity index is 1.84. The van der Waals surface area contributed by atoms with E-state index in [4.69, 9.17) is 4.52 Å². The minimum Gasteiger partial charge on any atom is -0.334 e. The summed E-state index contributed by atoms with van der Waals surface area (Å²) in [6.45, 7) is 3.26. The van der Waals surface area contributed by atoms with Gasteiger partial charge in [-0.25, -0.2) is 0 Å². The monoisotopic (exact) mass is 266 g/mol. The highest BCUT2D eigenvalue weighted by atomic mass is 31.2. The first-order valence-electron chi connectivity index (χ1n) is 6.08. The fourth-order valence-corrected chi connectivity index (χ4v) is 4.59. The number of nitro benzene ring substituents is 1. The van der Waals surface area contributed by atoms with Crippen molar-refractivity contribution in [3.63, 3.8) is 0 Å². The number of hydrogen-bond acceptors (Lipinski definition) is 4. The second-order valence-electron chi connectivity index (χ2n) is 4.71. The zero-order valence-electron chi connectivity index (χ0n) is 10.2. The standard InChI is InChI=1S/C12H15N2O3P/c1-18-13-8-2-3-11(13)12(17-18)9-4-6-10(7-5-9)14(15)16/h4-7,11-12H,2-3,8H2,1H3/t11-,12+,18-/m1/s1. The first-order valence-corrected chi connectivity index (χ1v) is 7.74. The van der Waals surface area contributed by atoms with Crippen LogP contribution < -0.4 is 0 Å². The smallest absolute Gasteiger partial charge is 0.269 e. The third-order valence-electron chi connectivity index (χ3n) is 3.68. The Morgan fingerprint density at radius 2 is 2.17 bits per heavy atom. The Bertz CT molecular complexity index is 465. The average molecular weight is 266 g/mol. The molecule has 2 heterocycles. The van der Waals surface area contributed by atoms with Crippen LogP contribution in [0.3, 0.4) is 0 Å². The molecule has 5 nitrogen and oxygen atoms in total. The van der Waals surface area contributed by atoms with Crippen molar-refractivity contribution in [3.8, 4) is 0 Å². The molecule has 0 N–H and O–H groups in total. The molecule has 0 amide bonds. The van der Waals surface area contributed by atoms with Gasteiger partial charge in [-0.1, -0.05) is 0 Å². The lowest BCUT2D eigenvalue weighted by atomic mass is 10.0. The summed E-state index contributed by atoms with van der Waals surface area (Å²) in [7, 11) is -0.489. The minimum absolute atomic E-state index is 0.0874.